The zero-order valence-corrected chi connectivity index (χ0v) is 15.0. The van der Waals surface area contributed by atoms with Crippen LogP contribution in [0.2, 0.25) is 0 Å². The van der Waals surface area contributed by atoms with Crippen molar-refractivity contribution in [2.75, 3.05) is 7.11 Å². The number of nitro groups is 1. The molecule has 0 aliphatic carbocycles. The monoisotopic (exact) mass is 366 g/mol. The Labute approximate surface area is 155 Å². The Morgan fingerprint density at radius 1 is 1.19 bits per heavy atom. The van der Waals surface area contributed by atoms with Gasteiger partial charge in [0.15, 0.2) is 5.78 Å². The lowest BCUT2D eigenvalue weighted by atomic mass is 9.99. The number of nitro benzene ring substituents is 1. The van der Waals surface area contributed by atoms with Gasteiger partial charge in [-0.1, -0.05) is 18.2 Å². The van der Waals surface area contributed by atoms with Crippen molar-refractivity contribution in [3.63, 3.8) is 0 Å². The molecule has 0 spiro atoms. The Bertz CT molecular complexity index is 1050. The van der Waals surface area contributed by atoms with Gasteiger partial charge in [0.2, 0.25) is 0 Å². The fourth-order valence-corrected chi connectivity index (χ4v) is 3.22. The van der Waals surface area contributed by atoms with E-state index < -0.39 is 4.92 Å². The SMILES string of the molecule is COC(=O)CCc1c(C)c(C(=O)c2cccc([N+](=O)[O-])c2)c2ccccn12. The van der Waals surface area contributed by atoms with E-state index in [0.29, 0.717) is 17.5 Å². The minimum atomic E-state index is -0.525. The van der Waals surface area contributed by atoms with Gasteiger partial charge in [-0.15, -0.1) is 0 Å². The third-order valence-corrected chi connectivity index (χ3v) is 4.55. The Balaban J connectivity index is 2.10. The summed E-state index contributed by atoms with van der Waals surface area (Å²) in [4.78, 5) is 35.2. The highest BCUT2D eigenvalue weighted by molar-refractivity contribution is 6.14. The molecule has 2 heterocycles. The average Bonchev–Trinajstić information content (AvgIpc) is 2.96. The van der Waals surface area contributed by atoms with E-state index in [1.54, 1.807) is 6.07 Å². The molecule has 0 bridgehead atoms. The summed E-state index contributed by atoms with van der Waals surface area (Å²) in [7, 11) is 1.34. The van der Waals surface area contributed by atoms with Gasteiger partial charge in [-0.2, -0.15) is 0 Å². The Kier molecular flexibility index (Phi) is 5.03. The maximum Gasteiger partial charge on any atom is 0.305 e. The van der Waals surface area contributed by atoms with Crippen molar-refractivity contribution in [1.82, 2.24) is 4.40 Å². The number of esters is 1. The number of hydrogen-bond donors (Lipinski definition) is 0. The topological polar surface area (TPSA) is 90.9 Å². The maximum atomic E-state index is 13.1. The normalized spacial score (nSPS) is 10.7. The van der Waals surface area contributed by atoms with Crippen LogP contribution in [0.3, 0.4) is 0 Å². The van der Waals surface area contributed by atoms with Gasteiger partial charge >= 0.3 is 5.97 Å². The van der Waals surface area contributed by atoms with Crippen LogP contribution in [0, 0.1) is 17.0 Å². The summed E-state index contributed by atoms with van der Waals surface area (Å²) in [5.41, 5.74) is 2.89. The number of fused-ring (bicyclic) bond motifs is 1. The number of ether oxygens (including phenoxy) is 1. The largest absolute Gasteiger partial charge is 0.469 e. The van der Waals surface area contributed by atoms with Gasteiger partial charge < -0.3 is 9.14 Å². The van der Waals surface area contributed by atoms with Crippen LogP contribution in [-0.4, -0.2) is 28.2 Å². The molecule has 27 heavy (non-hydrogen) atoms. The van der Waals surface area contributed by atoms with Gasteiger partial charge in [0.1, 0.15) is 0 Å². The number of aromatic nitrogens is 1. The van der Waals surface area contributed by atoms with Crippen molar-refractivity contribution in [2.24, 2.45) is 0 Å². The number of carbonyl (C=O) groups is 2. The van der Waals surface area contributed by atoms with Crippen LogP contribution in [0.1, 0.15) is 33.6 Å². The van der Waals surface area contributed by atoms with Gasteiger partial charge in [0.05, 0.1) is 29.5 Å². The maximum absolute atomic E-state index is 13.1. The van der Waals surface area contributed by atoms with Gasteiger partial charge in [-0.25, -0.2) is 0 Å². The highest BCUT2D eigenvalue weighted by atomic mass is 16.6. The quantitative estimate of drug-likeness (QED) is 0.288. The predicted molar refractivity (Wildman–Crippen MR) is 99.0 cm³/mol. The van der Waals surface area contributed by atoms with Gasteiger partial charge in [0, 0.05) is 29.6 Å². The zero-order chi connectivity index (χ0) is 19.6. The number of aryl methyl sites for hydroxylation is 1. The second-order valence-corrected chi connectivity index (χ2v) is 6.12. The first-order chi connectivity index (χ1) is 12.9. The number of ketones is 1. The number of rotatable bonds is 6. The fraction of sp³-hybridized carbons (Fsp3) is 0.200. The summed E-state index contributed by atoms with van der Waals surface area (Å²) >= 11 is 0. The lowest BCUT2D eigenvalue weighted by Crippen LogP contribution is -2.05. The number of carbonyl (C=O) groups excluding carboxylic acids is 2. The first kappa shape index (κ1) is 18.3. The first-order valence-corrected chi connectivity index (χ1v) is 8.38. The Morgan fingerprint density at radius 3 is 2.67 bits per heavy atom. The van der Waals surface area contributed by atoms with Crippen molar-refractivity contribution in [3.8, 4) is 0 Å². The third-order valence-electron chi connectivity index (χ3n) is 4.55. The van der Waals surface area contributed by atoms with E-state index in [0.717, 1.165) is 11.3 Å². The number of methoxy groups -OCH3 is 1. The highest BCUT2D eigenvalue weighted by Gasteiger charge is 2.23. The van der Waals surface area contributed by atoms with Crippen LogP contribution in [0.25, 0.3) is 5.52 Å². The van der Waals surface area contributed by atoms with E-state index in [2.05, 4.69) is 0 Å². The van der Waals surface area contributed by atoms with E-state index in [-0.39, 0.29) is 29.4 Å². The number of nitrogens with zero attached hydrogens (tertiary/aromatic N) is 2. The molecule has 0 radical (unpaired) electrons. The lowest BCUT2D eigenvalue weighted by Gasteiger charge is -2.03. The summed E-state index contributed by atoms with van der Waals surface area (Å²) in [6.45, 7) is 1.82. The second-order valence-electron chi connectivity index (χ2n) is 6.12. The zero-order valence-electron chi connectivity index (χ0n) is 15.0. The smallest absolute Gasteiger partial charge is 0.305 e. The molecule has 2 aromatic heterocycles. The van der Waals surface area contributed by atoms with Crippen molar-refractivity contribution in [1.29, 1.82) is 0 Å². The van der Waals surface area contributed by atoms with Crippen LogP contribution in [-0.2, 0) is 16.0 Å². The molecule has 0 N–H and O–H groups in total. The van der Waals surface area contributed by atoms with Crippen LogP contribution in [0.15, 0.2) is 48.7 Å². The van der Waals surface area contributed by atoms with Crippen molar-refractivity contribution >= 4 is 23.0 Å². The number of benzene rings is 1. The molecule has 0 amide bonds. The van der Waals surface area contributed by atoms with Crippen LogP contribution in [0.4, 0.5) is 5.69 Å². The Morgan fingerprint density at radius 2 is 1.96 bits per heavy atom. The van der Waals surface area contributed by atoms with Gasteiger partial charge in [-0.3, -0.25) is 19.7 Å². The molecule has 0 atom stereocenters. The van der Waals surface area contributed by atoms with E-state index in [4.69, 9.17) is 4.74 Å². The molecule has 0 saturated carbocycles. The summed E-state index contributed by atoms with van der Waals surface area (Å²) in [6.07, 6.45) is 2.45. The standard InChI is InChI=1S/C20H18N2O5/c1-13-16(9-10-18(23)27-2)21-11-4-3-8-17(21)19(13)20(24)14-6-5-7-15(12-14)22(25)26/h3-8,11-12H,9-10H2,1-2H3. The highest BCUT2D eigenvalue weighted by Crippen LogP contribution is 2.27. The van der Waals surface area contributed by atoms with Crippen molar-refractivity contribution in [3.05, 3.63) is 81.2 Å². The van der Waals surface area contributed by atoms with Crippen LogP contribution >= 0.6 is 0 Å². The Hall–Kier alpha value is -3.48. The minimum absolute atomic E-state index is 0.132. The number of pyridine rings is 1. The molecule has 138 valence electrons. The van der Waals surface area contributed by atoms with E-state index in [1.807, 2.05) is 35.7 Å². The second kappa shape index (κ2) is 7.41. The third kappa shape index (κ3) is 3.44. The molecule has 0 fully saturated rings. The molecule has 3 rings (SSSR count). The predicted octanol–water partition coefficient (Wildman–Crippen LogP) is 3.49. The van der Waals surface area contributed by atoms with Crippen molar-refractivity contribution < 1.29 is 19.2 Å². The molecule has 1 aromatic carbocycles. The number of non-ortho nitro benzene ring substituents is 1. The molecular formula is C20H18N2O5. The van der Waals surface area contributed by atoms with Crippen LogP contribution < -0.4 is 0 Å². The molecule has 7 nitrogen and oxygen atoms in total. The fourth-order valence-electron chi connectivity index (χ4n) is 3.22. The van der Waals surface area contributed by atoms with E-state index in [9.17, 15) is 19.7 Å². The molecule has 0 saturated heterocycles. The van der Waals surface area contributed by atoms with E-state index >= 15 is 0 Å². The molecule has 7 heteroatoms. The number of hydrogen-bond acceptors (Lipinski definition) is 5. The first-order valence-electron chi connectivity index (χ1n) is 8.38. The minimum Gasteiger partial charge on any atom is -0.469 e. The molecular weight excluding hydrogens is 348 g/mol. The summed E-state index contributed by atoms with van der Waals surface area (Å²) in [5.74, 6) is -0.615. The van der Waals surface area contributed by atoms with Crippen LogP contribution in [0.5, 0.6) is 0 Å². The molecule has 0 aliphatic rings. The summed E-state index contributed by atoms with van der Waals surface area (Å²) in [5, 5.41) is 11.0. The van der Waals surface area contributed by atoms with Crippen molar-refractivity contribution in [2.45, 2.75) is 19.8 Å². The lowest BCUT2D eigenvalue weighted by molar-refractivity contribution is -0.384. The summed E-state index contributed by atoms with van der Waals surface area (Å²) in [6, 6.07) is 11.2. The molecule has 0 unspecified atom stereocenters. The molecule has 3 aromatic rings. The average molecular weight is 366 g/mol. The van der Waals surface area contributed by atoms with E-state index in [1.165, 1.54) is 25.3 Å². The molecule has 0 aliphatic heterocycles. The van der Waals surface area contributed by atoms with Gasteiger partial charge in [-0.05, 0) is 31.0 Å². The van der Waals surface area contributed by atoms with Gasteiger partial charge in [0.25, 0.3) is 5.69 Å². The summed E-state index contributed by atoms with van der Waals surface area (Å²) < 4.78 is 6.58.